The molecule has 2 saturated heterocycles. The minimum Gasteiger partial charge on any atom is -0.338 e. The summed E-state index contributed by atoms with van der Waals surface area (Å²) in [5.41, 5.74) is 1.98. The minimum atomic E-state index is 0. The third-order valence-corrected chi connectivity index (χ3v) is 4.30. The third-order valence-electron chi connectivity index (χ3n) is 4.30. The summed E-state index contributed by atoms with van der Waals surface area (Å²) < 4.78 is 0. The molecule has 3 N–H and O–H groups in total. The second kappa shape index (κ2) is 6.33. The summed E-state index contributed by atoms with van der Waals surface area (Å²) in [5, 5.41) is 14.0. The first kappa shape index (κ1) is 16.0. The molecule has 23 heavy (non-hydrogen) atoms. The Labute approximate surface area is 141 Å². The largest absolute Gasteiger partial charge is 0.338 e. The van der Waals surface area contributed by atoms with E-state index in [0.717, 1.165) is 42.1 Å². The molecule has 2 aromatic heterocycles. The molecule has 8 heteroatoms. The maximum absolute atomic E-state index is 4.68. The van der Waals surface area contributed by atoms with Crippen LogP contribution in [0.4, 0.5) is 17.6 Å². The smallest absolute Gasteiger partial charge is 0.227 e. The topological polar surface area (TPSA) is 81.8 Å². The number of piperazine rings is 1. The van der Waals surface area contributed by atoms with Gasteiger partial charge in [-0.15, -0.1) is 12.4 Å². The average molecular weight is 336 g/mol. The van der Waals surface area contributed by atoms with Gasteiger partial charge in [0.2, 0.25) is 5.95 Å². The zero-order valence-electron chi connectivity index (χ0n) is 13.3. The Hall–Kier alpha value is -1.86. The molecule has 2 atom stereocenters. The maximum atomic E-state index is 4.68. The number of halogens is 1. The molecule has 2 unspecified atom stereocenters. The van der Waals surface area contributed by atoms with Crippen molar-refractivity contribution < 1.29 is 0 Å². The van der Waals surface area contributed by atoms with Crippen molar-refractivity contribution in [3.63, 3.8) is 0 Å². The van der Waals surface area contributed by atoms with Crippen LogP contribution in [-0.4, -0.2) is 45.3 Å². The van der Waals surface area contributed by atoms with Crippen LogP contribution in [0.25, 0.3) is 0 Å². The molecule has 2 aliphatic heterocycles. The lowest BCUT2D eigenvalue weighted by atomic mass is 10.2. The van der Waals surface area contributed by atoms with Crippen LogP contribution in [0.15, 0.2) is 12.1 Å². The van der Waals surface area contributed by atoms with Crippen molar-refractivity contribution in [2.45, 2.75) is 38.8 Å². The monoisotopic (exact) mass is 335 g/mol. The van der Waals surface area contributed by atoms with Crippen LogP contribution in [-0.2, 0) is 0 Å². The molecule has 2 aromatic rings. The van der Waals surface area contributed by atoms with Crippen LogP contribution in [0, 0.1) is 13.8 Å². The first-order valence-corrected chi connectivity index (χ1v) is 7.81. The summed E-state index contributed by atoms with van der Waals surface area (Å²) in [7, 11) is 0. The number of aromatic amines is 1. The van der Waals surface area contributed by atoms with E-state index in [2.05, 4.69) is 35.7 Å². The molecular weight excluding hydrogens is 314 g/mol. The number of nitrogens with one attached hydrogen (secondary N) is 3. The normalized spacial score (nSPS) is 22.8. The van der Waals surface area contributed by atoms with E-state index in [1.807, 2.05) is 26.0 Å². The Bertz CT molecular complexity index is 674. The molecule has 4 heterocycles. The summed E-state index contributed by atoms with van der Waals surface area (Å²) in [5.74, 6) is 2.38. The van der Waals surface area contributed by atoms with Gasteiger partial charge in [-0.25, -0.2) is 4.98 Å². The van der Waals surface area contributed by atoms with Crippen LogP contribution >= 0.6 is 12.4 Å². The Kier molecular flexibility index (Phi) is 4.41. The Morgan fingerprint density at radius 1 is 1.09 bits per heavy atom. The second-order valence-electron chi connectivity index (χ2n) is 6.30. The molecule has 2 bridgehead atoms. The van der Waals surface area contributed by atoms with Crippen LogP contribution in [0.3, 0.4) is 0 Å². The maximum Gasteiger partial charge on any atom is 0.227 e. The molecule has 0 amide bonds. The van der Waals surface area contributed by atoms with E-state index < -0.39 is 0 Å². The van der Waals surface area contributed by atoms with Gasteiger partial charge in [-0.05, 0) is 26.7 Å². The number of rotatable bonds is 3. The van der Waals surface area contributed by atoms with Gasteiger partial charge in [0.25, 0.3) is 0 Å². The summed E-state index contributed by atoms with van der Waals surface area (Å²) in [4.78, 5) is 11.6. The molecule has 2 fully saturated rings. The summed E-state index contributed by atoms with van der Waals surface area (Å²) >= 11 is 0. The molecule has 0 spiro atoms. The zero-order valence-corrected chi connectivity index (χ0v) is 14.2. The molecule has 4 rings (SSSR count). The fourth-order valence-corrected chi connectivity index (χ4v) is 3.33. The zero-order chi connectivity index (χ0) is 15.1. The van der Waals surface area contributed by atoms with Gasteiger partial charge in [0.15, 0.2) is 5.82 Å². The number of anilines is 3. The van der Waals surface area contributed by atoms with Crippen molar-refractivity contribution in [1.82, 2.24) is 25.5 Å². The van der Waals surface area contributed by atoms with E-state index in [1.165, 1.54) is 12.8 Å². The van der Waals surface area contributed by atoms with E-state index >= 15 is 0 Å². The van der Waals surface area contributed by atoms with E-state index in [1.54, 1.807) is 0 Å². The molecule has 0 radical (unpaired) electrons. The van der Waals surface area contributed by atoms with Crippen molar-refractivity contribution in [2.75, 3.05) is 23.3 Å². The molecule has 7 nitrogen and oxygen atoms in total. The van der Waals surface area contributed by atoms with Crippen LogP contribution < -0.4 is 15.5 Å². The van der Waals surface area contributed by atoms with Gasteiger partial charge in [-0.3, -0.25) is 5.10 Å². The van der Waals surface area contributed by atoms with Gasteiger partial charge in [0.05, 0.1) is 0 Å². The Morgan fingerprint density at radius 2 is 1.83 bits per heavy atom. The van der Waals surface area contributed by atoms with Crippen molar-refractivity contribution in [2.24, 2.45) is 0 Å². The molecule has 0 aliphatic carbocycles. The van der Waals surface area contributed by atoms with Crippen LogP contribution in [0.2, 0.25) is 0 Å². The lowest BCUT2D eigenvalue weighted by Crippen LogP contribution is -2.51. The molecule has 0 aromatic carbocycles. The predicted octanol–water partition coefficient (Wildman–Crippen LogP) is 1.92. The molecule has 2 aliphatic rings. The van der Waals surface area contributed by atoms with Gasteiger partial charge >= 0.3 is 0 Å². The number of H-pyrrole nitrogens is 1. The average Bonchev–Trinajstić information content (AvgIpc) is 3.03. The highest BCUT2D eigenvalue weighted by atomic mass is 35.5. The molecule has 124 valence electrons. The number of fused-ring (bicyclic) bond motifs is 2. The first-order chi connectivity index (χ1) is 10.7. The number of hydrogen-bond acceptors (Lipinski definition) is 6. The van der Waals surface area contributed by atoms with Gasteiger partial charge in [-0.1, -0.05) is 0 Å². The van der Waals surface area contributed by atoms with Crippen molar-refractivity contribution in [1.29, 1.82) is 0 Å². The SMILES string of the molecule is Cc1cc(Nc2cc(C)[nH]n2)nc(N2CC3CCC(C2)N3)n1.Cl. The van der Waals surface area contributed by atoms with Crippen molar-refractivity contribution >= 4 is 30.0 Å². The Morgan fingerprint density at radius 3 is 2.48 bits per heavy atom. The number of nitrogens with zero attached hydrogens (tertiary/aromatic N) is 4. The lowest BCUT2D eigenvalue weighted by molar-refractivity contribution is 0.460. The summed E-state index contributed by atoms with van der Waals surface area (Å²) in [6.45, 7) is 5.95. The fraction of sp³-hybridized carbons (Fsp3) is 0.533. The fourth-order valence-electron chi connectivity index (χ4n) is 3.33. The summed E-state index contributed by atoms with van der Waals surface area (Å²) in [6, 6.07) is 5.06. The highest BCUT2D eigenvalue weighted by molar-refractivity contribution is 5.85. The number of aromatic nitrogens is 4. The van der Waals surface area contributed by atoms with E-state index in [-0.39, 0.29) is 12.4 Å². The highest BCUT2D eigenvalue weighted by Crippen LogP contribution is 2.24. The predicted molar refractivity (Wildman–Crippen MR) is 92.8 cm³/mol. The quantitative estimate of drug-likeness (QED) is 0.795. The third kappa shape index (κ3) is 3.40. The van der Waals surface area contributed by atoms with Gasteiger partial charge in [-0.2, -0.15) is 10.1 Å². The molecular formula is C15H22ClN7. The van der Waals surface area contributed by atoms with Crippen molar-refractivity contribution in [3.8, 4) is 0 Å². The van der Waals surface area contributed by atoms with Gasteiger partial charge in [0, 0.05) is 48.7 Å². The van der Waals surface area contributed by atoms with Gasteiger partial charge < -0.3 is 15.5 Å². The number of hydrogen-bond donors (Lipinski definition) is 3. The number of aryl methyl sites for hydroxylation is 2. The van der Waals surface area contributed by atoms with E-state index in [4.69, 9.17) is 0 Å². The van der Waals surface area contributed by atoms with Crippen LogP contribution in [0.1, 0.15) is 24.2 Å². The Balaban J connectivity index is 0.00000156. The summed E-state index contributed by atoms with van der Waals surface area (Å²) in [6.07, 6.45) is 2.51. The standard InChI is InChI=1S/C15H21N7.ClH/c1-9-5-13(18-14-6-10(2)20-21-14)19-15(16-9)22-7-11-3-4-12(8-22)17-11;/h5-6,11-12,17H,3-4,7-8H2,1-2H3,(H2,16,18,19,20,21);1H. The van der Waals surface area contributed by atoms with Crippen LogP contribution in [0.5, 0.6) is 0 Å². The first-order valence-electron chi connectivity index (χ1n) is 7.81. The van der Waals surface area contributed by atoms with E-state index in [0.29, 0.717) is 12.1 Å². The van der Waals surface area contributed by atoms with Crippen molar-refractivity contribution in [3.05, 3.63) is 23.5 Å². The second-order valence-corrected chi connectivity index (χ2v) is 6.30. The van der Waals surface area contributed by atoms with E-state index in [9.17, 15) is 0 Å². The van der Waals surface area contributed by atoms with Gasteiger partial charge in [0.1, 0.15) is 5.82 Å². The minimum absolute atomic E-state index is 0. The molecule has 0 saturated carbocycles. The highest BCUT2D eigenvalue weighted by Gasteiger charge is 2.33. The lowest BCUT2D eigenvalue weighted by Gasteiger charge is -2.33.